The number of amides is 1. The molecule has 1 atom stereocenters. The Morgan fingerprint density at radius 3 is 2.56 bits per heavy atom. The van der Waals surface area contributed by atoms with Gasteiger partial charge in [0.25, 0.3) is 5.91 Å². The number of carbonyl (C=O) groups excluding carboxylic acids is 1. The highest BCUT2D eigenvalue weighted by Gasteiger charge is 2.25. The van der Waals surface area contributed by atoms with Crippen molar-refractivity contribution >= 4 is 15.9 Å². The molecule has 1 unspecified atom stereocenters. The first-order valence-electron chi connectivity index (χ1n) is 10.5. The monoisotopic (exact) mass is 454 g/mol. The number of rotatable bonds is 6. The molecular weight excluding hydrogens is 428 g/mol. The van der Waals surface area contributed by atoms with Gasteiger partial charge >= 0.3 is 0 Å². The van der Waals surface area contributed by atoms with Crippen LogP contribution < -0.4 is 4.72 Å². The first-order chi connectivity index (χ1) is 15.3. The van der Waals surface area contributed by atoms with Crippen LogP contribution in [0.4, 0.5) is 0 Å². The molecule has 0 bridgehead atoms. The summed E-state index contributed by atoms with van der Waals surface area (Å²) in [5.41, 5.74) is 3.25. The van der Waals surface area contributed by atoms with E-state index in [1.54, 1.807) is 29.2 Å². The van der Waals surface area contributed by atoms with Gasteiger partial charge in [-0.05, 0) is 61.6 Å². The summed E-state index contributed by atoms with van der Waals surface area (Å²) in [5, 5.41) is 8.31. The molecule has 8 nitrogen and oxygen atoms in total. The highest BCUT2D eigenvalue weighted by atomic mass is 32.2. The minimum atomic E-state index is -3.24. The van der Waals surface area contributed by atoms with Gasteiger partial charge in [0.2, 0.25) is 21.8 Å². The second-order valence-electron chi connectivity index (χ2n) is 8.18. The Morgan fingerprint density at radius 2 is 1.84 bits per heavy atom. The van der Waals surface area contributed by atoms with Crippen molar-refractivity contribution in [3.8, 4) is 22.9 Å². The number of nitrogens with zero attached hydrogens (tertiary/aromatic N) is 3. The van der Waals surface area contributed by atoms with Crippen LogP contribution in [0.15, 0.2) is 52.9 Å². The molecule has 2 aromatic carbocycles. The van der Waals surface area contributed by atoms with Gasteiger partial charge < -0.3 is 9.32 Å². The van der Waals surface area contributed by atoms with Crippen LogP contribution in [0.5, 0.6) is 0 Å². The van der Waals surface area contributed by atoms with E-state index in [9.17, 15) is 13.2 Å². The maximum atomic E-state index is 13.0. The van der Waals surface area contributed by atoms with E-state index >= 15 is 0 Å². The zero-order valence-corrected chi connectivity index (χ0v) is 18.9. The summed E-state index contributed by atoms with van der Waals surface area (Å²) >= 11 is 0. The van der Waals surface area contributed by atoms with E-state index in [0.29, 0.717) is 37.0 Å². The summed E-state index contributed by atoms with van der Waals surface area (Å²) in [6.07, 6.45) is 2.89. The molecule has 1 fully saturated rings. The number of carbonyl (C=O) groups is 1. The van der Waals surface area contributed by atoms with E-state index < -0.39 is 10.0 Å². The van der Waals surface area contributed by atoms with E-state index in [1.165, 1.54) is 0 Å². The number of aromatic nitrogens is 2. The topological polar surface area (TPSA) is 105 Å². The molecule has 1 aliphatic rings. The average molecular weight is 455 g/mol. The predicted octanol–water partition coefficient (Wildman–Crippen LogP) is 3.11. The quantitative estimate of drug-likeness (QED) is 0.614. The minimum absolute atomic E-state index is 0.0632. The second kappa shape index (κ2) is 9.22. The summed E-state index contributed by atoms with van der Waals surface area (Å²) in [4.78, 5) is 14.7. The molecule has 0 radical (unpaired) electrons. The van der Waals surface area contributed by atoms with Gasteiger partial charge in [-0.2, -0.15) is 0 Å². The van der Waals surface area contributed by atoms with Gasteiger partial charge in [-0.25, -0.2) is 13.1 Å². The highest BCUT2D eigenvalue weighted by molar-refractivity contribution is 7.88. The van der Waals surface area contributed by atoms with Crippen LogP contribution in [0.25, 0.3) is 22.9 Å². The SMILES string of the molecule is Cc1ccccc1-c1nnc(-c2ccc(C(=O)N3CCCC(CNS(C)(=O)=O)C3)cc2)o1. The average Bonchev–Trinajstić information content (AvgIpc) is 3.27. The van der Waals surface area contributed by atoms with Crippen molar-refractivity contribution in [2.75, 3.05) is 25.9 Å². The van der Waals surface area contributed by atoms with Crippen LogP contribution in [0.3, 0.4) is 0 Å². The fourth-order valence-corrected chi connectivity index (χ4v) is 4.42. The normalized spacial score (nSPS) is 16.8. The van der Waals surface area contributed by atoms with Crippen LogP contribution in [0, 0.1) is 12.8 Å². The Balaban J connectivity index is 1.43. The molecule has 1 aromatic heterocycles. The largest absolute Gasteiger partial charge is 0.416 e. The zero-order valence-electron chi connectivity index (χ0n) is 18.1. The first-order valence-corrected chi connectivity index (χ1v) is 12.4. The zero-order chi connectivity index (χ0) is 22.7. The maximum absolute atomic E-state index is 13.0. The summed E-state index contributed by atoms with van der Waals surface area (Å²) in [6.45, 7) is 3.54. The Labute approximate surface area is 187 Å². The van der Waals surface area contributed by atoms with Crippen molar-refractivity contribution in [2.45, 2.75) is 19.8 Å². The van der Waals surface area contributed by atoms with E-state index in [-0.39, 0.29) is 11.8 Å². The molecule has 0 saturated carbocycles. The van der Waals surface area contributed by atoms with Crippen LogP contribution in [0.1, 0.15) is 28.8 Å². The highest BCUT2D eigenvalue weighted by Crippen LogP contribution is 2.26. The lowest BCUT2D eigenvalue weighted by Crippen LogP contribution is -2.43. The van der Waals surface area contributed by atoms with Crippen LogP contribution >= 0.6 is 0 Å². The summed E-state index contributed by atoms with van der Waals surface area (Å²) in [7, 11) is -3.24. The molecule has 3 aromatic rings. The summed E-state index contributed by atoms with van der Waals surface area (Å²) < 4.78 is 31.1. The molecular formula is C23H26N4O4S. The van der Waals surface area contributed by atoms with Crippen LogP contribution in [0.2, 0.25) is 0 Å². The van der Waals surface area contributed by atoms with Gasteiger partial charge in [0, 0.05) is 36.3 Å². The number of nitrogens with one attached hydrogen (secondary N) is 1. The van der Waals surface area contributed by atoms with Gasteiger partial charge in [0.1, 0.15) is 0 Å². The standard InChI is InChI=1S/C23H26N4O4S/c1-16-6-3-4-8-20(16)22-26-25-21(31-22)18-9-11-19(12-10-18)23(28)27-13-5-7-17(15-27)14-24-32(2,29)30/h3-4,6,8-12,17,24H,5,7,13-15H2,1-2H3. The minimum Gasteiger partial charge on any atom is -0.416 e. The van der Waals surface area contributed by atoms with Crippen LogP contribution in [-0.4, -0.2) is 55.3 Å². The van der Waals surface area contributed by atoms with E-state index in [0.717, 1.165) is 35.8 Å². The Morgan fingerprint density at radius 1 is 1.12 bits per heavy atom. The van der Waals surface area contributed by atoms with Gasteiger partial charge in [-0.15, -0.1) is 10.2 Å². The first kappa shape index (κ1) is 22.2. The van der Waals surface area contributed by atoms with Gasteiger partial charge in [0.15, 0.2) is 0 Å². The molecule has 1 N–H and O–H groups in total. The molecule has 1 saturated heterocycles. The number of aryl methyl sites for hydroxylation is 1. The Hall–Kier alpha value is -3.04. The number of hydrogen-bond acceptors (Lipinski definition) is 6. The lowest BCUT2D eigenvalue weighted by Gasteiger charge is -2.32. The van der Waals surface area contributed by atoms with Crippen LogP contribution in [-0.2, 0) is 10.0 Å². The fraction of sp³-hybridized carbons (Fsp3) is 0.348. The number of sulfonamides is 1. The Bertz CT molecular complexity index is 1200. The third-order valence-electron chi connectivity index (χ3n) is 5.62. The smallest absolute Gasteiger partial charge is 0.253 e. The number of hydrogen-bond donors (Lipinski definition) is 1. The lowest BCUT2D eigenvalue weighted by molar-refractivity contribution is 0.0676. The van der Waals surface area contributed by atoms with Crippen molar-refractivity contribution in [1.82, 2.24) is 19.8 Å². The van der Waals surface area contributed by atoms with Crippen molar-refractivity contribution in [1.29, 1.82) is 0 Å². The van der Waals surface area contributed by atoms with E-state index in [2.05, 4.69) is 14.9 Å². The maximum Gasteiger partial charge on any atom is 0.253 e. The number of benzene rings is 2. The summed E-state index contributed by atoms with van der Waals surface area (Å²) in [6, 6.07) is 14.9. The molecule has 9 heteroatoms. The van der Waals surface area contributed by atoms with Crippen molar-refractivity contribution in [2.24, 2.45) is 5.92 Å². The molecule has 168 valence electrons. The number of likely N-dealkylation sites (tertiary alicyclic amines) is 1. The molecule has 0 spiro atoms. The molecule has 1 amide bonds. The van der Waals surface area contributed by atoms with Crippen molar-refractivity contribution < 1.29 is 17.6 Å². The van der Waals surface area contributed by atoms with Crippen molar-refractivity contribution in [3.63, 3.8) is 0 Å². The van der Waals surface area contributed by atoms with Gasteiger partial charge in [0.05, 0.1) is 6.26 Å². The second-order valence-corrected chi connectivity index (χ2v) is 10.0. The van der Waals surface area contributed by atoms with E-state index in [1.807, 2.05) is 31.2 Å². The number of piperidine rings is 1. The van der Waals surface area contributed by atoms with Gasteiger partial charge in [-0.3, -0.25) is 4.79 Å². The third kappa shape index (κ3) is 5.23. The van der Waals surface area contributed by atoms with Crippen molar-refractivity contribution in [3.05, 3.63) is 59.7 Å². The molecule has 0 aliphatic carbocycles. The molecule has 1 aliphatic heterocycles. The molecule has 32 heavy (non-hydrogen) atoms. The lowest BCUT2D eigenvalue weighted by atomic mass is 9.97. The third-order valence-corrected chi connectivity index (χ3v) is 6.31. The fourth-order valence-electron chi connectivity index (χ4n) is 3.88. The molecule has 2 heterocycles. The van der Waals surface area contributed by atoms with Gasteiger partial charge in [-0.1, -0.05) is 18.2 Å². The predicted molar refractivity (Wildman–Crippen MR) is 121 cm³/mol. The Kier molecular flexibility index (Phi) is 6.38. The molecule has 4 rings (SSSR count). The summed E-state index contributed by atoms with van der Waals surface area (Å²) in [5.74, 6) is 0.902. The van der Waals surface area contributed by atoms with E-state index in [4.69, 9.17) is 4.42 Å².